The molecule has 1 spiro atoms. The second-order valence-electron chi connectivity index (χ2n) is 5.20. The van der Waals surface area contributed by atoms with Crippen LogP contribution in [0, 0.1) is 5.82 Å². The molecule has 2 fully saturated rings. The molecule has 2 aliphatic heterocycles. The van der Waals surface area contributed by atoms with E-state index in [-0.39, 0.29) is 10.6 Å². The molecule has 2 heterocycles. The molecule has 1 aromatic carbocycles. The highest BCUT2D eigenvalue weighted by Gasteiger charge is 2.42. The lowest BCUT2D eigenvalue weighted by molar-refractivity contribution is -0.179. The number of anilines is 1. The van der Waals surface area contributed by atoms with Gasteiger partial charge in [0.25, 0.3) is 0 Å². The predicted molar refractivity (Wildman–Crippen MR) is 73.4 cm³/mol. The van der Waals surface area contributed by atoms with Crippen molar-refractivity contribution in [1.29, 1.82) is 0 Å². The van der Waals surface area contributed by atoms with Crippen LogP contribution in [0.25, 0.3) is 0 Å². The Morgan fingerprint density at radius 1 is 1.19 bits per heavy atom. The summed E-state index contributed by atoms with van der Waals surface area (Å²) in [6.07, 6.45) is 0.978. The molecule has 2 saturated heterocycles. The molecule has 0 unspecified atom stereocenters. The third-order valence-electron chi connectivity index (χ3n) is 3.90. The summed E-state index contributed by atoms with van der Waals surface area (Å²) in [5.41, 5.74) is 5.27. The molecule has 0 bridgehead atoms. The molecule has 2 aliphatic rings. The lowest BCUT2D eigenvalue weighted by Gasteiger charge is -2.36. The molecule has 21 heavy (non-hydrogen) atoms. The minimum atomic E-state index is -3.67. The Morgan fingerprint density at radius 2 is 1.81 bits per heavy atom. The van der Waals surface area contributed by atoms with E-state index in [1.807, 2.05) is 0 Å². The standard InChI is InChI=1S/C13H17FN2O4S/c14-11-2-1-10(9-12(11)15)21(17,18)16-5-3-13(4-6-16)19-7-8-20-13/h1-2,9H,3-8,15H2. The first-order valence-corrected chi connectivity index (χ1v) is 8.20. The third-order valence-corrected chi connectivity index (χ3v) is 5.80. The van der Waals surface area contributed by atoms with E-state index in [1.54, 1.807) is 0 Å². The van der Waals surface area contributed by atoms with Crippen LogP contribution in [0.15, 0.2) is 23.1 Å². The van der Waals surface area contributed by atoms with Gasteiger partial charge in [-0.15, -0.1) is 0 Å². The lowest BCUT2D eigenvalue weighted by atomic mass is 10.1. The van der Waals surface area contributed by atoms with Crippen LogP contribution in [0.4, 0.5) is 10.1 Å². The summed E-state index contributed by atoms with van der Waals surface area (Å²) in [5.74, 6) is -1.26. The van der Waals surface area contributed by atoms with Gasteiger partial charge in [0.1, 0.15) is 5.82 Å². The molecule has 0 saturated carbocycles. The fourth-order valence-electron chi connectivity index (χ4n) is 2.68. The first-order valence-electron chi connectivity index (χ1n) is 6.76. The van der Waals surface area contributed by atoms with Crippen molar-refractivity contribution in [3.8, 4) is 0 Å². The summed E-state index contributed by atoms with van der Waals surface area (Å²) in [6.45, 7) is 1.70. The number of hydrogen-bond donors (Lipinski definition) is 1. The summed E-state index contributed by atoms with van der Waals surface area (Å²) < 4.78 is 50.7. The summed E-state index contributed by atoms with van der Waals surface area (Å²) >= 11 is 0. The second-order valence-corrected chi connectivity index (χ2v) is 7.13. The molecule has 2 N–H and O–H groups in total. The van der Waals surface area contributed by atoms with Crippen molar-refractivity contribution < 1.29 is 22.3 Å². The number of piperidine rings is 1. The number of rotatable bonds is 2. The van der Waals surface area contributed by atoms with E-state index >= 15 is 0 Å². The Balaban J connectivity index is 1.78. The van der Waals surface area contributed by atoms with Crippen molar-refractivity contribution in [1.82, 2.24) is 4.31 Å². The highest BCUT2D eigenvalue weighted by atomic mass is 32.2. The van der Waals surface area contributed by atoms with E-state index in [2.05, 4.69) is 0 Å². The van der Waals surface area contributed by atoms with Gasteiger partial charge in [-0.1, -0.05) is 0 Å². The predicted octanol–water partition coefficient (Wildman–Crippen LogP) is 0.935. The van der Waals surface area contributed by atoms with E-state index in [0.29, 0.717) is 39.1 Å². The van der Waals surface area contributed by atoms with Gasteiger partial charge in [-0.2, -0.15) is 4.31 Å². The molecule has 0 aliphatic carbocycles. The maximum absolute atomic E-state index is 13.2. The zero-order valence-corrected chi connectivity index (χ0v) is 12.2. The average molecular weight is 316 g/mol. The van der Waals surface area contributed by atoms with Crippen molar-refractivity contribution in [3.05, 3.63) is 24.0 Å². The SMILES string of the molecule is Nc1cc(S(=O)(=O)N2CCC3(CC2)OCCO3)ccc1F. The van der Waals surface area contributed by atoms with E-state index in [9.17, 15) is 12.8 Å². The fraction of sp³-hybridized carbons (Fsp3) is 0.538. The van der Waals surface area contributed by atoms with Crippen molar-refractivity contribution in [3.63, 3.8) is 0 Å². The van der Waals surface area contributed by atoms with Crippen LogP contribution in [0.2, 0.25) is 0 Å². The smallest absolute Gasteiger partial charge is 0.243 e. The topological polar surface area (TPSA) is 81.9 Å². The van der Waals surface area contributed by atoms with Gasteiger partial charge in [-0.3, -0.25) is 0 Å². The molecule has 116 valence electrons. The van der Waals surface area contributed by atoms with Crippen molar-refractivity contribution in [2.75, 3.05) is 32.0 Å². The van der Waals surface area contributed by atoms with Gasteiger partial charge in [0.15, 0.2) is 5.79 Å². The van der Waals surface area contributed by atoms with Crippen LogP contribution in [-0.4, -0.2) is 44.8 Å². The number of nitrogens with two attached hydrogens (primary N) is 1. The van der Waals surface area contributed by atoms with Crippen LogP contribution in [-0.2, 0) is 19.5 Å². The van der Waals surface area contributed by atoms with Gasteiger partial charge in [-0.25, -0.2) is 12.8 Å². The lowest BCUT2D eigenvalue weighted by Crippen LogP contribution is -2.47. The van der Waals surface area contributed by atoms with Crippen molar-refractivity contribution in [2.24, 2.45) is 0 Å². The molecule has 0 amide bonds. The van der Waals surface area contributed by atoms with Crippen LogP contribution in [0.1, 0.15) is 12.8 Å². The molecule has 8 heteroatoms. The quantitative estimate of drug-likeness (QED) is 0.821. The minimum absolute atomic E-state index is 0.00519. The Bertz CT molecular complexity index is 634. The number of benzene rings is 1. The number of halogens is 1. The molecular formula is C13H17FN2O4S. The van der Waals surface area contributed by atoms with Gasteiger partial charge in [0.05, 0.1) is 23.8 Å². The Kier molecular flexibility index (Phi) is 3.64. The van der Waals surface area contributed by atoms with E-state index in [4.69, 9.17) is 15.2 Å². The first-order chi connectivity index (χ1) is 9.93. The summed E-state index contributed by atoms with van der Waals surface area (Å²) in [6, 6.07) is 3.45. The third kappa shape index (κ3) is 2.64. The molecular weight excluding hydrogens is 299 g/mol. The maximum atomic E-state index is 13.2. The molecule has 3 rings (SSSR count). The Labute approximate surface area is 122 Å². The number of sulfonamides is 1. The maximum Gasteiger partial charge on any atom is 0.243 e. The summed E-state index contributed by atoms with van der Waals surface area (Å²) in [4.78, 5) is 0.00519. The summed E-state index contributed by atoms with van der Waals surface area (Å²) in [7, 11) is -3.67. The van der Waals surface area contributed by atoms with Crippen LogP contribution in [0.3, 0.4) is 0 Å². The van der Waals surface area contributed by atoms with E-state index in [1.165, 1.54) is 10.4 Å². The molecule has 0 aromatic heterocycles. The zero-order valence-electron chi connectivity index (χ0n) is 11.4. The number of hydrogen-bond acceptors (Lipinski definition) is 5. The highest BCUT2D eigenvalue weighted by molar-refractivity contribution is 7.89. The van der Waals surface area contributed by atoms with Gasteiger partial charge in [0.2, 0.25) is 10.0 Å². The van der Waals surface area contributed by atoms with Crippen LogP contribution in [0.5, 0.6) is 0 Å². The highest BCUT2D eigenvalue weighted by Crippen LogP contribution is 2.33. The van der Waals surface area contributed by atoms with Crippen molar-refractivity contribution >= 4 is 15.7 Å². The minimum Gasteiger partial charge on any atom is -0.396 e. The van der Waals surface area contributed by atoms with Gasteiger partial charge in [0, 0.05) is 25.9 Å². The number of nitrogen functional groups attached to an aromatic ring is 1. The van der Waals surface area contributed by atoms with Gasteiger partial charge >= 0.3 is 0 Å². The van der Waals surface area contributed by atoms with Gasteiger partial charge < -0.3 is 15.2 Å². The van der Waals surface area contributed by atoms with Crippen molar-refractivity contribution in [2.45, 2.75) is 23.5 Å². The molecule has 1 aromatic rings. The Hall–Kier alpha value is -1.22. The van der Waals surface area contributed by atoms with E-state index < -0.39 is 21.6 Å². The Morgan fingerprint density at radius 3 is 2.38 bits per heavy atom. The fourth-order valence-corrected chi connectivity index (χ4v) is 4.16. The molecule has 0 atom stereocenters. The summed E-state index contributed by atoms with van der Waals surface area (Å²) in [5, 5.41) is 0. The average Bonchev–Trinajstić information content (AvgIpc) is 2.90. The molecule has 6 nitrogen and oxygen atoms in total. The van der Waals surface area contributed by atoms with Gasteiger partial charge in [-0.05, 0) is 18.2 Å². The molecule has 0 radical (unpaired) electrons. The zero-order chi connectivity index (χ0) is 15.1. The first kappa shape index (κ1) is 14.7. The number of nitrogens with zero attached hydrogens (tertiary/aromatic N) is 1. The van der Waals surface area contributed by atoms with Crippen LogP contribution >= 0.6 is 0 Å². The largest absolute Gasteiger partial charge is 0.396 e. The van der Waals surface area contributed by atoms with Crippen LogP contribution < -0.4 is 5.73 Å². The number of ether oxygens (including phenoxy) is 2. The second kappa shape index (κ2) is 5.20. The van der Waals surface area contributed by atoms with E-state index in [0.717, 1.165) is 12.1 Å². The monoisotopic (exact) mass is 316 g/mol. The normalized spacial score (nSPS) is 22.7.